The predicted octanol–water partition coefficient (Wildman–Crippen LogP) is -0.289. The summed E-state index contributed by atoms with van der Waals surface area (Å²) in [6, 6.07) is 7.85. The topological polar surface area (TPSA) is 72.3 Å². The van der Waals surface area contributed by atoms with Gasteiger partial charge >= 0.3 is 6.09 Å². The van der Waals surface area contributed by atoms with Gasteiger partial charge in [-0.05, 0) is 31.0 Å². The first-order chi connectivity index (χ1) is 12.1. The first-order valence-electron chi connectivity index (χ1n) is 8.77. The average molecular weight is 350 g/mol. The van der Waals surface area contributed by atoms with Gasteiger partial charge in [0.25, 0.3) is 5.91 Å². The second-order valence-electron chi connectivity index (χ2n) is 6.06. The van der Waals surface area contributed by atoms with Crippen LogP contribution in [0.2, 0.25) is 0 Å². The Kier molecular flexibility index (Phi) is 7.53. The fourth-order valence-electron chi connectivity index (χ4n) is 2.83. The van der Waals surface area contributed by atoms with Crippen LogP contribution >= 0.6 is 0 Å². The van der Waals surface area contributed by atoms with E-state index in [2.05, 4.69) is 5.32 Å². The summed E-state index contributed by atoms with van der Waals surface area (Å²) in [5.41, 5.74) is 1.16. The number of hydrogen-bond donors (Lipinski definition) is 2. The number of ether oxygens (including phenoxy) is 2. The van der Waals surface area contributed by atoms with Crippen molar-refractivity contribution in [2.75, 3.05) is 53.0 Å². The van der Waals surface area contributed by atoms with Gasteiger partial charge in [0.05, 0.1) is 39.9 Å². The lowest BCUT2D eigenvalue weighted by molar-refractivity contribution is -0.896. The van der Waals surface area contributed by atoms with E-state index in [-0.39, 0.29) is 12.0 Å². The highest BCUT2D eigenvalue weighted by atomic mass is 16.6. The largest absolute Gasteiger partial charge is 0.497 e. The summed E-state index contributed by atoms with van der Waals surface area (Å²) >= 11 is 0. The van der Waals surface area contributed by atoms with Gasteiger partial charge in [-0.15, -0.1) is 0 Å². The number of rotatable bonds is 7. The van der Waals surface area contributed by atoms with E-state index in [1.165, 1.54) is 4.90 Å². The molecule has 1 aromatic rings. The molecule has 25 heavy (non-hydrogen) atoms. The van der Waals surface area contributed by atoms with Gasteiger partial charge in [0.2, 0.25) is 0 Å². The maximum Gasteiger partial charge on any atom is 0.410 e. The molecule has 1 aliphatic heterocycles. The molecule has 1 fully saturated rings. The standard InChI is InChI=1S/C18H27N3O4/c1-3-25-18(23)21-12-10-20(11-13-21)14-17(22)19-9-8-15-4-6-16(24-2)7-5-15/h4-7H,3,8-14H2,1-2H3,(H,19,22)/p+1. The molecule has 1 saturated heterocycles. The van der Waals surface area contributed by atoms with Gasteiger partial charge in [0.1, 0.15) is 5.75 Å². The van der Waals surface area contributed by atoms with Crippen LogP contribution in [0, 0.1) is 0 Å². The summed E-state index contributed by atoms with van der Waals surface area (Å²) in [4.78, 5) is 26.6. The minimum absolute atomic E-state index is 0.0492. The zero-order chi connectivity index (χ0) is 18.1. The van der Waals surface area contributed by atoms with Crippen molar-refractivity contribution in [2.24, 2.45) is 0 Å². The van der Waals surface area contributed by atoms with Crippen LogP contribution in [0.3, 0.4) is 0 Å². The van der Waals surface area contributed by atoms with Crippen molar-refractivity contribution in [2.45, 2.75) is 13.3 Å². The van der Waals surface area contributed by atoms with E-state index in [1.54, 1.807) is 18.9 Å². The normalized spacial score (nSPS) is 14.9. The van der Waals surface area contributed by atoms with Gasteiger partial charge in [0.15, 0.2) is 6.54 Å². The average Bonchev–Trinajstić information content (AvgIpc) is 2.63. The van der Waals surface area contributed by atoms with Gasteiger partial charge in [-0.3, -0.25) is 9.69 Å². The van der Waals surface area contributed by atoms with Crippen LogP contribution in [-0.2, 0) is 16.0 Å². The molecule has 1 aromatic carbocycles. The van der Waals surface area contributed by atoms with Gasteiger partial charge < -0.3 is 19.7 Å². The first kappa shape index (κ1) is 19.1. The number of carbonyl (C=O) groups is 2. The van der Waals surface area contributed by atoms with Crippen LogP contribution in [0.1, 0.15) is 12.5 Å². The molecule has 2 N–H and O–H groups in total. The molecule has 0 aliphatic carbocycles. The van der Waals surface area contributed by atoms with Crippen molar-refractivity contribution in [1.29, 1.82) is 0 Å². The number of methoxy groups -OCH3 is 1. The van der Waals surface area contributed by atoms with Crippen molar-refractivity contribution in [3.05, 3.63) is 29.8 Å². The summed E-state index contributed by atoms with van der Waals surface area (Å²) in [5, 5.41) is 2.97. The lowest BCUT2D eigenvalue weighted by Gasteiger charge is -2.31. The summed E-state index contributed by atoms with van der Waals surface area (Å²) in [5.74, 6) is 0.881. The fourth-order valence-corrected chi connectivity index (χ4v) is 2.83. The van der Waals surface area contributed by atoms with E-state index in [9.17, 15) is 9.59 Å². The molecule has 7 nitrogen and oxygen atoms in total. The highest BCUT2D eigenvalue weighted by Gasteiger charge is 2.25. The molecule has 0 bridgehead atoms. The monoisotopic (exact) mass is 350 g/mol. The van der Waals surface area contributed by atoms with Gasteiger partial charge in [0, 0.05) is 6.54 Å². The van der Waals surface area contributed by atoms with Crippen LogP contribution < -0.4 is 15.0 Å². The van der Waals surface area contributed by atoms with Crippen molar-refractivity contribution in [3.8, 4) is 5.75 Å². The fraction of sp³-hybridized carbons (Fsp3) is 0.556. The SMILES string of the molecule is CCOC(=O)N1CC[NH+](CC(=O)NCCc2ccc(OC)cc2)CC1. The molecule has 0 saturated carbocycles. The predicted molar refractivity (Wildman–Crippen MR) is 93.9 cm³/mol. The lowest BCUT2D eigenvalue weighted by Crippen LogP contribution is -3.15. The number of nitrogens with zero attached hydrogens (tertiary/aromatic N) is 1. The zero-order valence-corrected chi connectivity index (χ0v) is 15.0. The Morgan fingerprint density at radius 1 is 1.20 bits per heavy atom. The number of carbonyl (C=O) groups excluding carboxylic acids is 2. The Bertz CT molecular complexity index is 554. The highest BCUT2D eigenvalue weighted by Crippen LogP contribution is 2.11. The number of nitrogens with one attached hydrogen (secondary N) is 2. The summed E-state index contributed by atoms with van der Waals surface area (Å²) in [6.07, 6.45) is 0.535. The van der Waals surface area contributed by atoms with Gasteiger partial charge in [-0.25, -0.2) is 4.79 Å². The third kappa shape index (κ3) is 6.26. The Hall–Kier alpha value is -2.28. The van der Waals surface area contributed by atoms with E-state index >= 15 is 0 Å². The number of amides is 2. The number of quaternary nitrogens is 1. The van der Waals surface area contributed by atoms with Crippen molar-refractivity contribution < 1.29 is 24.0 Å². The second kappa shape index (κ2) is 9.88. The lowest BCUT2D eigenvalue weighted by atomic mass is 10.1. The molecular formula is C18H28N3O4+. The highest BCUT2D eigenvalue weighted by molar-refractivity contribution is 5.76. The quantitative estimate of drug-likeness (QED) is 0.709. The second-order valence-corrected chi connectivity index (χ2v) is 6.06. The summed E-state index contributed by atoms with van der Waals surface area (Å²) < 4.78 is 10.1. The Labute approximate surface area is 148 Å². The summed E-state index contributed by atoms with van der Waals surface area (Å²) in [6.45, 7) is 6.06. The van der Waals surface area contributed by atoms with Crippen molar-refractivity contribution in [1.82, 2.24) is 10.2 Å². The third-order valence-corrected chi connectivity index (χ3v) is 4.30. The molecule has 0 unspecified atom stereocenters. The van der Waals surface area contributed by atoms with Crippen molar-refractivity contribution >= 4 is 12.0 Å². The molecule has 0 aromatic heterocycles. The molecular weight excluding hydrogens is 322 g/mol. The molecule has 2 amide bonds. The number of piperazine rings is 1. The third-order valence-electron chi connectivity index (χ3n) is 4.30. The van der Waals surface area contributed by atoms with Crippen LogP contribution in [0.5, 0.6) is 5.75 Å². The molecule has 0 spiro atoms. The molecule has 2 rings (SSSR count). The number of hydrogen-bond acceptors (Lipinski definition) is 4. The van der Waals surface area contributed by atoms with E-state index in [1.807, 2.05) is 24.3 Å². The van der Waals surface area contributed by atoms with Crippen LogP contribution in [0.25, 0.3) is 0 Å². The molecule has 0 atom stereocenters. The van der Waals surface area contributed by atoms with E-state index in [0.717, 1.165) is 30.8 Å². The van der Waals surface area contributed by atoms with Gasteiger partial charge in [-0.2, -0.15) is 0 Å². The zero-order valence-electron chi connectivity index (χ0n) is 15.0. The maximum atomic E-state index is 12.1. The summed E-state index contributed by atoms with van der Waals surface area (Å²) in [7, 11) is 1.64. The number of benzene rings is 1. The first-order valence-corrected chi connectivity index (χ1v) is 8.77. The maximum absolute atomic E-state index is 12.1. The minimum Gasteiger partial charge on any atom is -0.497 e. The van der Waals surface area contributed by atoms with Crippen LogP contribution in [-0.4, -0.2) is 69.9 Å². The van der Waals surface area contributed by atoms with Crippen LogP contribution in [0.4, 0.5) is 4.79 Å². The molecule has 1 aliphatic rings. The Balaban J connectivity index is 1.63. The Morgan fingerprint density at radius 3 is 2.48 bits per heavy atom. The molecule has 138 valence electrons. The van der Waals surface area contributed by atoms with E-state index < -0.39 is 0 Å². The minimum atomic E-state index is -0.259. The van der Waals surface area contributed by atoms with Crippen molar-refractivity contribution in [3.63, 3.8) is 0 Å². The molecule has 7 heteroatoms. The smallest absolute Gasteiger partial charge is 0.410 e. The van der Waals surface area contributed by atoms with Gasteiger partial charge in [-0.1, -0.05) is 12.1 Å². The van der Waals surface area contributed by atoms with Crippen LogP contribution in [0.15, 0.2) is 24.3 Å². The molecule has 0 radical (unpaired) electrons. The molecule has 1 heterocycles. The Morgan fingerprint density at radius 2 is 1.88 bits per heavy atom. The van der Waals surface area contributed by atoms with E-state index in [0.29, 0.717) is 32.8 Å². The van der Waals surface area contributed by atoms with E-state index in [4.69, 9.17) is 9.47 Å².